The van der Waals surface area contributed by atoms with Crippen molar-refractivity contribution in [2.24, 2.45) is 0 Å². The molecule has 0 atom stereocenters. The molecule has 0 saturated carbocycles. The lowest BCUT2D eigenvalue weighted by molar-refractivity contribution is 0.245. The second-order valence-corrected chi connectivity index (χ2v) is 6.91. The molecule has 1 fully saturated rings. The van der Waals surface area contributed by atoms with Crippen LogP contribution in [-0.2, 0) is 6.54 Å². The lowest BCUT2D eigenvalue weighted by Gasteiger charge is -2.34. The summed E-state index contributed by atoms with van der Waals surface area (Å²) in [7, 11) is 3.41. The van der Waals surface area contributed by atoms with Crippen LogP contribution >= 0.6 is 11.3 Å². The van der Waals surface area contributed by atoms with Crippen molar-refractivity contribution in [1.82, 2.24) is 9.88 Å². The van der Waals surface area contributed by atoms with Crippen LogP contribution in [0.4, 0.5) is 5.13 Å². The zero-order chi connectivity index (χ0) is 16.2. The highest BCUT2D eigenvalue weighted by atomic mass is 32.1. The van der Waals surface area contributed by atoms with Crippen LogP contribution in [-0.4, -0.2) is 50.3 Å². The number of anilines is 1. The number of ether oxygens (including phenoxy) is 2. The summed E-state index contributed by atoms with van der Waals surface area (Å²) in [4.78, 5) is 10.6. The first-order valence-corrected chi connectivity index (χ1v) is 8.62. The van der Waals surface area contributed by atoms with Gasteiger partial charge in [-0.15, -0.1) is 11.3 Å². The van der Waals surface area contributed by atoms with Gasteiger partial charge in [0.05, 0.1) is 14.2 Å². The fourth-order valence-electron chi connectivity index (χ4n) is 2.83. The number of hydrogen-bond acceptors (Lipinski definition) is 6. The minimum atomic E-state index is 0.873. The molecule has 0 radical (unpaired) electrons. The van der Waals surface area contributed by atoms with Crippen LogP contribution in [0.15, 0.2) is 24.4 Å². The number of piperazine rings is 1. The van der Waals surface area contributed by atoms with Gasteiger partial charge in [0.2, 0.25) is 0 Å². The molecule has 1 saturated heterocycles. The van der Waals surface area contributed by atoms with Gasteiger partial charge < -0.3 is 14.4 Å². The molecule has 0 bridgehead atoms. The number of nitrogens with zero attached hydrogens (tertiary/aromatic N) is 3. The highest BCUT2D eigenvalue weighted by molar-refractivity contribution is 7.15. The molecule has 3 rings (SSSR count). The van der Waals surface area contributed by atoms with E-state index in [2.05, 4.69) is 27.8 Å². The average molecular weight is 333 g/mol. The van der Waals surface area contributed by atoms with Crippen molar-refractivity contribution in [3.05, 3.63) is 34.8 Å². The van der Waals surface area contributed by atoms with Gasteiger partial charge >= 0.3 is 0 Å². The highest BCUT2D eigenvalue weighted by Gasteiger charge is 2.20. The van der Waals surface area contributed by atoms with Crippen LogP contribution in [0.25, 0.3) is 0 Å². The second kappa shape index (κ2) is 7.19. The molecule has 0 spiro atoms. The third kappa shape index (κ3) is 3.76. The Balaban J connectivity index is 1.62. The maximum absolute atomic E-state index is 5.48. The smallest absolute Gasteiger partial charge is 0.185 e. The maximum Gasteiger partial charge on any atom is 0.185 e. The number of aromatic nitrogens is 1. The summed E-state index contributed by atoms with van der Waals surface area (Å²) in [5.74, 6) is 1.79. The summed E-state index contributed by atoms with van der Waals surface area (Å²) >= 11 is 1.77. The number of thiazole rings is 1. The van der Waals surface area contributed by atoms with Gasteiger partial charge in [-0.3, -0.25) is 4.90 Å². The van der Waals surface area contributed by atoms with Gasteiger partial charge in [0.25, 0.3) is 0 Å². The fraction of sp³-hybridized carbons (Fsp3) is 0.471. The van der Waals surface area contributed by atoms with E-state index in [0.29, 0.717) is 0 Å². The van der Waals surface area contributed by atoms with E-state index in [1.54, 1.807) is 25.6 Å². The third-order valence-corrected chi connectivity index (χ3v) is 5.11. The van der Waals surface area contributed by atoms with E-state index in [-0.39, 0.29) is 0 Å². The Morgan fingerprint density at radius 3 is 2.52 bits per heavy atom. The van der Waals surface area contributed by atoms with Gasteiger partial charge in [-0.05, 0) is 25.1 Å². The van der Waals surface area contributed by atoms with Crippen LogP contribution in [0.5, 0.6) is 11.5 Å². The van der Waals surface area contributed by atoms with Crippen LogP contribution < -0.4 is 14.4 Å². The molecule has 0 aliphatic carbocycles. The number of rotatable bonds is 5. The molecule has 1 aliphatic heterocycles. The van der Waals surface area contributed by atoms with E-state index in [0.717, 1.165) is 49.4 Å². The van der Waals surface area contributed by atoms with Crippen molar-refractivity contribution in [2.75, 3.05) is 45.3 Å². The van der Waals surface area contributed by atoms with E-state index < -0.39 is 0 Å². The van der Waals surface area contributed by atoms with Gasteiger partial charge in [-0.25, -0.2) is 4.98 Å². The summed E-state index contributed by atoms with van der Waals surface area (Å²) in [6.45, 7) is 7.06. The average Bonchev–Trinajstić information content (AvgIpc) is 3.02. The van der Waals surface area contributed by atoms with Crippen LogP contribution in [0.3, 0.4) is 0 Å². The lowest BCUT2D eigenvalue weighted by Crippen LogP contribution is -2.45. The first-order valence-electron chi connectivity index (χ1n) is 7.80. The molecule has 1 aromatic carbocycles. The zero-order valence-corrected chi connectivity index (χ0v) is 14.7. The molecule has 124 valence electrons. The Labute approximate surface area is 141 Å². The van der Waals surface area contributed by atoms with Crippen molar-refractivity contribution in [3.63, 3.8) is 0 Å². The second-order valence-electron chi connectivity index (χ2n) is 5.69. The lowest BCUT2D eigenvalue weighted by atomic mass is 10.1. The van der Waals surface area contributed by atoms with Crippen LogP contribution in [0.2, 0.25) is 0 Å². The summed E-state index contributed by atoms with van der Waals surface area (Å²) < 4.78 is 10.8. The van der Waals surface area contributed by atoms with Crippen molar-refractivity contribution < 1.29 is 9.47 Å². The third-order valence-electron chi connectivity index (χ3n) is 4.13. The van der Waals surface area contributed by atoms with Gasteiger partial charge in [-0.2, -0.15) is 0 Å². The molecule has 2 heterocycles. The Kier molecular flexibility index (Phi) is 5.03. The molecule has 0 N–H and O–H groups in total. The quantitative estimate of drug-likeness (QED) is 0.841. The number of aryl methyl sites for hydroxylation is 1. The normalized spacial score (nSPS) is 15.7. The molecule has 6 heteroatoms. The summed E-state index contributed by atoms with van der Waals surface area (Å²) in [6.07, 6.45) is 1.95. The van der Waals surface area contributed by atoms with Crippen LogP contribution in [0.1, 0.15) is 10.4 Å². The number of methoxy groups -OCH3 is 2. The van der Waals surface area contributed by atoms with Gasteiger partial charge in [0.15, 0.2) is 5.13 Å². The van der Waals surface area contributed by atoms with Crippen LogP contribution in [0, 0.1) is 6.92 Å². The molecule has 0 unspecified atom stereocenters. The molecule has 5 nitrogen and oxygen atoms in total. The molecular weight excluding hydrogens is 310 g/mol. The van der Waals surface area contributed by atoms with E-state index >= 15 is 0 Å². The van der Waals surface area contributed by atoms with Gasteiger partial charge in [0.1, 0.15) is 11.5 Å². The van der Waals surface area contributed by atoms with Crippen molar-refractivity contribution in [3.8, 4) is 11.5 Å². The fourth-order valence-corrected chi connectivity index (χ4v) is 3.64. The summed E-state index contributed by atoms with van der Waals surface area (Å²) in [5, 5.41) is 1.14. The maximum atomic E-state index is 5.48. The number of benzene rings is 1. The van der Waals surface area contributed by atoms with Gasteiger partial charge in [0, 0.05) is 49.4 Å². The van der Waals surface area contributed by atoms with Crippen molar-refractivity contribution >= 4 is 16.5 Å². The standard InChI is InChI=1S/C17H23N3O2S/c1-13-11-18-17(23-13)20-8-6-19(7-9-20)12-14-10-15(21-2)4-5-16(14)22-3/h4-5,10-11H,6-9,12H2,1-3H3. The Bertz CT molecular complexity index is 651. The molecule has 0 amide bonds. The summed E-state index contributed by atoms with van der Waals surface area (Å²) in [5.41, 5.74) is 1.17. The molecule has 23 heavy (non-hydrogen) atoms. The van der Waals surface area contributed by atoms with E-state index in [1.807, 2.05) is 18.3 Å². The highest BCUT2D eigenvalue weighted by Crippen LogP contribution is 2.27. The van der Waals surface area contributed by atoms with Crippen molar-refractivity contribution in [2.45, 2.75) is 13.5 Å². The molecule has 1 aliphatic rings. The zero-order valence-electron chi connectivity index (χ0n) is 13.9. The summed E-state index contributed by atoms with van der Waals surface area (Å²) in [6, 6.07) is 5.98. The first-order chi connectivity index (χ1) is 11.2. The Hall–Kier alpha value is -1.79. The Morgan fingerprint density at radius 1 is 1.13 bits per heavy atom. The Morgan fingerprint density at radius 2 is 1.91 bits per heavy atom. The predicted molar refractivity (Wildman–Crippen MR) is 93.9 cm³/mol. The topological polar surface area (TPSA) is 37.8 Å². The van der Waals surface area contributed by atoms with E-state index in [9.17, 15) is 0 Å². The number of hydrogen-bond donors (Lipinski definition) is 0. The van der Waals surface area contributed by atoms with Crippen molar-refractivity contribution in [1.29, 1.82) is 0 Å². The molecule has 1 aromatic heterocycles. The SMILES string of the molecule is COc1ccc(OC)c(CN2CCN(c3ncc(C)s3)CC2)c1. The predicted octanol–water partition coefficient (Wildman–Crippen LogP) is 2.79. The van der Waals surface area contributed by atoms with Gasteiger partial charge in [-0.1, -0.05) is 0 Å². The monoisotopic (exact) mass is 333 g/mol. The molecule has 2 aromatic rings. The van der Waals surface area contributed by atoms with E-state index in [1.165, 1.54) is 10.4 Å². The minimum absolute atomic E-state index is 0.873. The molecular formula is C17H23N3O2S. The largest absolute Gasteiger partial charge is 0.497 e. The van der Waals surface area contributed by atoms with E-state index in [4.69, 9.17) is 9.47 Å². The first kappa shape index (κ1) is 16.1. The minimum Gasteiger partial charge on any atom is -0.497 e.